The highest BCUT2D eigenvalue weighted by molar-refractivity contribution is 6.36. The summed E-state index contributed by atoms with van der Waals surface area (Å²) in [7, 11) is 0. The van der Waals surface area contributed by atoms with Crippen LogP contribution < -0.4 is 5.32 Å². The van der Waals surface area contributed by atoms with Gasteiger partial charge in [0.05, 0.1) is 17.0 Å². The van der Waals surface area contributed by atoms with Crippen LogP contribution >= 0.6 is 0 Å². The molecule has 7 nitrogen and oxygen atoms in total. The Balaban J connectivity index is 1.76. The largest absolute Gasteiger partial charge is 0.350 e. The third kappa shape index (κ3) is 4.52. The van der Waals surface area contributed by atoms with Crippen molar-refractivity contribution in [2.24, 2.45) is 0 Å². The molecule has 0 aromatic heterocycles. The van der Waals surface area contributed by atoms with E-state index in [4.69, 9.17) is 0 Å². The number of carbonyl (C=O) groups is 2. The van der Waals surface area contributed by atoms with Gasteiger partial charge >= 0.3 is 0 Å². The van der Waals surface area contributed by atoms with Gasteiger partial charge in [-0.15, -0.1) is 0 Å². The molecule has 1 aliphatic rings. The number of amides is 2. The minimum atomic E-state index is -0.502. The standard InChI is InChI=1S/C26H23N3O4/c1-16-4-6-19(7-5-16)15-28-25(30)23(20-8-10-22(11-9-20)29(32)33)24(26(28)31)27-21-13-17(2)12-18(3)14-21/h4-14,27H,15H2,1-3H3. The Morgan fingerprint density at radius 2 is 1.42 bits per heavy atom. The van der Waals surface area contributed by atoms with E-state index in [2.05, 4.69) is 5.32 Å². The number of imide groups is 1. The van der Waals surface area contributed by atoms with E-state index in [1.165, 1.54) is 29.2 Å². The van der Waals surface area contributed by atoms with Crippen molar-refractivity contribution >= 4 is 28.8 Å². The molecular weight excluding hydrogens is 418 g/mol. The first kappa shape index (κ1) is 22.0. The van der Waals surface area contributed by atoms with Crippen LogP contribution in [0.4, 0.5) is 11.4 Å². The van der Waals surface area contributed by atoms with Gasteiger partial charge in [-0.25, -0.2) is 0 Å². The number of anilines is 1. The zero-order chi connectivity index (χ0) is 23.7. The van der Waals surface area contributed by atoms with Crippen molar-refractivity contribution in [2.45, 2.75) is 27.3 Å². The van der Waals surface area contributed by atoms with Gasteiger partial charge in [0, 0.05) is 17.8 Å². The molecule has 33 heavy (non-hydrogen) atoms. The second kappa shape index (κ2) is 8.70. The van der Waals surface area contributed by atoms with E-state index in [1.54, 1.807) is 0 Å². The molecule has 4 rings (SSSR count). The summed E-state index contributed by atoms with van der Waals surface area (Å²) in [6.45, 7) is 6.01. The molecule has 0 atom stereocenters. The first-order chi connectivity index (χ1) is 15.7. The first-order valence-electron chi connectivity index (χ1n) is 10.5. The fourth-order valence-electron chi connectivity index (χ4n) is 3.92. The van der Waals surface area contributed by atoms with E-state index < -0.39 is 16.7 Å². The smallest absolute Gasteiger partial charge is 0.278 e. The topological polar surface area (TPSA) is 92.6 Å². The number of nitro groups is 1. The zero-order valence-electron chi connectivity index (χ0n) is 18.6. The molecule has 0 aliphatic carbocycles. The Labute approximate surface area is 191 Å². The summed E-state index contributed by atoms with van der Waals surface area (Å²) in [5.74, 6) is -0.880. The average Bonchev–Trinajstić information content (AvgIpc) is 2.99. The molecule has 1 aliphatic heterocycles. The molecule has 1 heterocycles. The normalized spacial score (nSPS) is 13.6. The Morgan fingerprint density at radius 3 is 2.00 bits per heavy atom. The molecule has 0 radical (unpaired) electrons. The van der Waals surface area contributed by atoms with E-state index in [9.17, 15) is 19.7 Å². The predicted molar refractivity (Wildman–Crippen MR) is 126 cm³/mol. The summed E-state index contributed by atoms with van der Waals surface area (Å²) < 4.78 is 0. The van der Waals surface area contributed by atoms with Crippen molar-refractivity contribution in [3.63, 3.8) is 0 Å². The van der Waals surface area contributed by atoms with Crippen molar-refractivity contribution in [2.75, 3.05) is 5.32 Å². The van der Waals surface area contributed by atoms with Gasteiger partial charge in [-0.2, -0.15) is 0 Å². The summed E-state index contributed by atoms with van der Waals surface area (Å²) in [5, 5.41) is 14.2. The lowest BCUT2D eigenvalue weighted by Gasteiger charge is -2.16. The molecule has 1 N–H and O–H groups in total. The minimum absolute atomic E-state index is 0.0866. The van der Waals surface area contributed by atoms with Crippen molar-refractivity contribution in [1.82, 2.24) is 4.90 Å². The number of hydrogen-bond donors (Lipinski definition) is 1. The lowest BCUT2D eigenvalue weighted by atomic mass is 10.0. The SMILES string of the molecule is Cc1ccc(CN2C(=O)C(Nc3cc(C)cc(C)c3)=C(c3ccc([N+](=O)[O-])cc3)C2=O)cc1. The molecule has 0 saturated heterocycles. The molecule has 3 aromatic carbocycles. The van der Waals surface area contributed by atoms with Crippen LogP contribution in [0.2, 0.25) is 0 Å². The maximum absolute atomic E-state index is 13.4. The number of nitro benzene ring substituents is 1. The van der Waals surface area contributed by atoms with E-state index in [0.717, 1.165) is 22.3 Å². The van der Waals surface area contributed by atoms with Gasteiger partial charge in [0.25, 0.3) is 17.5 Å². The van der Waals surface area contributed by atoms with Crippen LogP contribution in [0.15, 0.2) is 72.4 Å². The fraction of sp³-hybridized carbons (Fsp3) is 0.154. The van der Waals surface area contributed by atoms with Crippen LogP contribution in [0.3, 0.4) is 0 Å². The van der Waals surface area contributed by atoms with E-state index in [0.29, 0.717) is 11.3 Å². The van der Waals surface area contributed by atoms with Crippen LogP contribution in [-0.2, 0) is 16.1 Å². The monoisotopic (exact) mass is 441 g/mol. The zero-order valence-corrected chi connectivity index (χ0v) is 18.6. The van der Waals surface area contributed by atoms with E-state index >= 15 is 0 Å². The average molecular weight is 441 g/mol. The van der Waals surface area contributed by atoms with Crippen molar-refractivity contribution in [3.05, 3.63) is 110 Å². The highest BCUT2D eigenvalue weighted by Crippen LogP contribution is 2.32. The second-order valence-corrected chi connectivity index (χ2v) is 8.24. The summed E-state index contributed by atoms with van der Waals surface area (Å²) >= 11 is 0. The second-order valence-electron chi connectivity index (χ2n) is 8.24. The summed E-state index contributed by atoms with van der Waals surface area (Å²) in [6.07, 6.45) is 0. The van der Waals surface area contributed by atoms with Crippen LogP contribution in [0.1, 0.15) is 27.8 Å². The summed E-state index contributed by atoms with van der Waals surface area (Å²) in [6, 6.07) is 19.1. The number of nitrogens with one attached hydrogen (secondary N) is 1. The van der Waals surface area contributed by atoms with E-state index in [1.807, 2.05) is 63.2 Å². The minimum Gasteiger partial charge on any atom is -0.350 e. The maximum Gasteiger partial charge on any atom is 0.278 e. The van der Waals surface area contributed by atoms with Crippen LogP contribution in [0, 0.1) is 30.9 Å². The molecule has 2 amide bonds. The maximum atomic E-state index is 13.4. The number of nitrogens with zero attached hydrogens (tertiary/aromatic N) is 2. The quantitative estimate of drug-likeness (QED) is 0.333. The first-order valence-corrected chi connectivity index (χ1v) is 10.5. The molecule has 0 spiro atoms. The van der Waals surface area contributed by atoms with Gasteiger partial charge < -0.3 is 5.32 Å². The van der Waals surface area contributed by atoms with Gasteiger partial charge in [-0.1, -0.05) is 35.9 Å². The molecule has 0 fully saturated rings. The van der Waals surface area contributed by atoms with Crippen molar-refractivity contribution in [3.8, 4) is 0 Å². The number of rotatable bonds is 6. The Bertz CT molecular complexity index is 1270. The van der Waals surface area contributed by atoms with Crippen LogP contribution in [-0.4, -0.2) is 21.6 Å². The number of aryl methyl sites for hydroxylation is 3. The Morgan fingerprint density at radius 1 is 0.818 bits per heavy atom. The van der Waals surface area contributed by atoms with Crippen molar-refractivity contribution < 1.29 is 14.5 Å². The van der Waals surface area contributed by atoms with E-state index in [-0.39, 0.29) is 23.5 Å². The summed E-state index contributed by atoms with van der Waals surface area (Å²) in [5.41, 5.74) is 5.35. The number of carbonyl (C=O) groups excluding carboxylic acids is 2. The number of non-ortho nitro benzene ring substituents is 1. The molecule has 0 bridgehead atoms. The Hall–Kier alpha value is -4.26. The molecule has 0 unspecified atom stereocenters. The lowest BCUT2D eigenvalue weighted by Crippen LogP contribution is -2.32. The molecule has 7 heteroatoms. The van der Waals surface area contributed by atoms with Crippen LogP contribution in [0.5, 0.6) is 0 Å². The third-order valence-corrected chi connectivity index (χ3v) is 5.49. The highest BCUT2D eigenvalue weighted by atomic mass is 16.6. The highest BCUT2D eigenvalue weighted by Gasteiger charge is 2.39. The number of hydrogen-bond acceptors (Lipinski definition) is 5. The molecule has 0 saturated carbocycles. The molecule has 166 valence electrons. The Kier molecular flexibility index (Phi) is 5.79. The van der Waals surface area contributed by atoms with Crippen molar-refractivity contribution in [1.29, 1.82) is 0 Å². The summed E-state index contributed by atoms with van der Waals surface area (Å²) in [4.78, 5) is 38.6. The fourth-order valence-corrected chi connectivity index (χ4v) is 3.92. The third-order valence-electron chi connectivity index (χ3n) is 5.49. The van der Waals surface area contributed by atoms with Gasteiger partial charge in [-0.3, -0.25) is 24.6 Å². The lowest BCUT2D eigenvalue weighted by molar-refractivity contribution is -0.384. The van der Waals surface area contributed by atoms with Gasteiger partial charge in [0.2, 0.25) is 0 Å². The van der Waals surface area contributed by atoms with Gasteiger partial charge in [0.15, 0.2) is 0 Å². The van der Waals surface area contributed by atoms with Gasteiger partial charge in [0.1, 0.15) is 5.70 Å². The number of benzene rings is 3. The van der Waals surface area contributed by atoms with Crippen LogP contribution in [0.25, 0.3) is 5.57 Å². The molecule has 3 aromatic rings. The molecular formula is C26H23N3O4. The van der Waals surface area contributed by atoms with Gasteiger partial charge in [-0.05, 0) is 67.3 Å². The predicted octanol–water partition coefficient (Wildman–Crippen LogP) is 4.91.